The molecule has 0 bridgehead atoms. The Morgan fingerprint density at radius 2 is 2.17 bits per heavy atom. The van der Waals surface area contributed by atoms with Crippen molar-refractivity contribution in [2.24, 2.45) is 5.73 Å². The molecule has 2 aromatic heterocycles. The van der Waals surface area contributed by atoms with Crippen LogP contribution in [0.3, 0.4) is 0 Å². The lowest BCUT2D eigenvalue weighted by Gasteiger charge is -2.25. The van der Waals surface area contributed by atoms with Gasteiger partial charge in [0.15, 0.2) is 5.16 Å². The highest BCUT2D eigenvalue weighted by Crippen LogP contribution is 2.34. The molecule has 4 rings (SSSR count). The summed E-state index contributed by atoms with van der Waals surface area (Å²) in [7, 11) is 0. The van der Waals surface area contributed by atoms with Crippen LogP contribution in [0.4, 0.5) is 4.39 Å². The summed E-state index contributed by atoms with van der Waals surface area (Å²) in [4.78, 5) is 44.4. The van der Waals surface area contributed by atoms with E-state index < -0.39 is 11.7 Å². The molecule has 2 N–H and O–H groups in total. The monoisotopic (exact) mass is 466 g/mol. The number of hydrogen-bond donors (Lipinski definition) is 1. The van der Waals surface area contributed by atoms with Crippen LogP contribution in [0, 0.1) is 5.82 Å². The Morgan fingerprint density at radius 1 is 1.40 bits per heavy atom. The van der Waals surface area contributed by atoms with E-state index in [9.17, 15) is 18.8 Å². The molecule has 11 heteroatoms. The van der Waals surface area contributed by atoms with Gasteiger partial charge in [-0.1, -0.05) is 23.4 Å². The first kappa shape index (κ1) is 20.8. The van der Waals surface area contributed by atoms with E-state index in [1.54, 1.807) is 4.90 Å². The molecule has 7 nitrogen and oxygen atoms in total. The van der Waals surface area contributed by atoms with Gasteiger partial charge in [-0.2, -0.15) is 0 Å². The van der Waals surface area contributed by atoms with Crippen LogP contribution in [0.5, 0.6) is 0 Å². The number of rotatable bonds is 4. The molecule has 3 aromatic rings. The topological polar surface area (TPSA) is 98.3 Å². The Labute approximate surface area is 183 Å². The van der Waals surface area contributed by atoms with E-state index in [-0.39, 0.29) is 27.4 Å². The number of carbonyl (C=O) groups is 2. The van der Waals surface area contributed by atoms with Crippen molar-refractivity contribution in [1.29, 1.82) is 0 Å². The molecule has 1 aliphatic heterocycles. The molecule has 0 fully saturated rings. The van der Waals surface area contributed by atoms with Crippen molar-refractivity contribution in [2.75, 3.05) is 12.3 Å². The summed E-state index contributed by atoms with van der Waals surface area (Å²) < 4.78 is 15.0. The molecule has 2 amide bonds. The van der Waals surface area contributed by atoms with Crippen LogP contribution in [0.15, 0.2) is 28.2 Å². The molecule has 0 spiro atoms. The van der Waals surface area contributed by atoms with Gasteiger partial charge in [-0.25, -0.2) is 9.37 Å². The van der Waals surface area contributed by atoms with Crippen molar-refractivity contribution in [3.63, 3.8) is 0 Å². The second-order valence-electron chi connectivity index (χ2n) is 6.76. The first-order valence-electron chi connectivity index (χ1n) is 8.95. The maximum atomic E-state index is 13.7. The molecule has 1 aromatic carbocycles. The number of primary amides is 1. The summed E-state index contributed by atoms with van der Waals surface area (Å²) in [5, 5.41) is 0.605. The number of thiophene rings is 1. The van der Waals surface area contributed by atoms with E-state index in [0.717, 1.165) is 22.2 Å². The third kappa shape index (κ3) is 3.70. The highest BCUT2D eigenvalue weighted by Gasteiger charge is 2.26. The van der Waals surface area contributed by atoms with Gasteiger partial charge < -0.3 is 10.6 Å². The van der Waals surface area contributed by atoms with E-state index in [0.29, 0.717) is 35.4 Å². The second kappa shape index (κ2) is 8.01. The van der Waals surface area contributed by atoms with Gasteiger partial charge in [0.25, 0.3) is 5.56 Å². The van der Waals surface area contributed by atoms with Gasteiger partial charge in [0.05, 0.1) is 28.4 Å². The standard InChI is InChI=1S/C19H16ClFN4O3S2/c1-9(26)24-5-4-11-14(7-24)30-17-16(11)18(28)25(19(23-17)29-8-15(22)27)10-2-3-13(21)12(20)6-10/h2-3,6H,4-5,7-8H2,1H3,(H2,22,27). The van der Waals surface area contributed by atoms with Crippen molar-refractivity contribution in [3.05, 3.63) is 49.8 Å². The minimum Gasteiger partial charge on any atom is -0.369 e. The quantitative estimate of drug-likeness (QED) is 0.471. The third-order valence-corrected chi connectivity index (χ3v) is 7.16. The number of thioether (sulfide) groups is 1. The normalized spacial score (nSPS) is 13.5. The maximum Gasteiger partial charge on any atom is 0.267 e. The molecule has 0 radical (unpaired) electrons. The number of halogens is 2. The van der Waals surface area contributed by atoms with Crippen molar-refractivity contribution in [3.8, 4) is 5.69 Å². The van der Waals surface area contributed by atoms with Crippen LogP contribution in [0.25, 0.3) is 15.9 Å². The van der Waals surface area contributed by atoms with Crippen molar-refractivity contribution < 1.29 is 14.0 Å². The Balaban J connectivity index is 1.94. The number of nitrogens with two attached hydrogens (primary N) is 1. The van der Waals surface area contributed by atoms with Gasteiger partial charge in [-0.15, -0.1) is 11.3 Å². The van der Waals surface area contributed by atoms with Gasteiger partial charge in [-0.05, 0) is 30.2 Å². The molecular formula is C19H16ClFN4O3S2. The van der Waals surface area contributed by atoms with Crippen LogP contribution < -0.4 is 11.3 Å². The second-order valence-corrected chi connectivity index (χ2v) is 9.20. The van der Waals surface area contributed by atoms with Gasteiger partial charge >= 0.3 is 0 Å². The predicted molar refractivity (Wildman–Crippen MR) is 115 cm³/mol. The average Bonchev–Trinajstić information content (AvgIpc) is 3.06. The van der Waals surface area contributed by atoms with Gasteiger partial charge in [0.1, 0.15) is 10.6 Å². The number of hydrogen-bond acceptors (Lipinski definition) is 6. The molecule has 30 heavy (non-hydrogen) atoms. The summed E-state index contributed by atoms with van der Waals surface area (Å²) >= 11 is 8.31. The number of aromatic nitrogens is 2. The zero-order chi connectivity index (χ0) is 21.6. The molecular weight excluding hydrogens is 451 g/mol. The van der Waals surface area contributed by atoms with E-state index in [1.807, 2.05) is 0 Å². The van der Waals surface area contributed by atoms with E-state index in [4.69, 9.17) is 17.3 Å². The minimum absolute atomic E-state index is 0.0258. The summed E-state index contributed by atoms with van der Waals surface area (Å²) in [5.74, 6) is -1.26. The molecule has 0 atom stereocenters. The van der Waals surface area contributed by atoms with Crippen LogP contribution in [0.1, 0.15) is 17.4 Å². The van der Waals surface area contributed by atoms with Gasteiger partial charge in [0.2, 0.25) is 11.8 Å². The summed E-state index contributed by atoms with van der Waals surface area (Å²) in [6.45, 7) is 2.46. The van der Waals surface area contributed by atoms with Gasteiger partial charge in [0, 0.05) is 18.3 Å². The lowest BCUT2D eigenvalue weighted by atomic mass is 10.1. The average molecular weight is 467 g/mol. The number of nitrogens with zero attached hydrogens (tertiary/aromatic N) is 3. The van der Waals surface area contributed by atoms with Crippen molar-refractivity contribution in [1.82, 2.24) is 14.5 Å². The zero-order valence-electron chi connectivity index (χ0n) is 15.8. The predicted octanol–water partition coefficient (Wildman–Crippen LogP) is 2.72. The fraction of sp³-hybridized carbons (Fsp3) is 0.263. The van der Waals surface area contributed by atoms with Crippen molar-refractivity contribution in [2.45, 2.75) is 25.0 Å². The van der Waals surface area contributed by atoms with Crippen molar-refractivity contribution >= 4 is 56.7 Å². The minimum atomic E-state index is -0.605. The largest absolute Gasteiger partial charge is 0.369 e. The fourth-order valence-electron chi connectivity index (χ4n) is 3.38. The molecule has 0 saturated carbocycles. The summed E-state index contributed by atoms with van der Waals surface area (Å²) in [5.41, 5.74) is 6.15. The highest BCUT2D eigenvalue weighted by atomic mass is 35.5. The third-order valence-electron chi connectivity index (χ3n) is 4.79. The summed E-state index contributed by atoms with van der Waals surface area (Å²) in [6.07, 6.45) is 0.545. The molecule has 3 heterocycles. The van der Waals surface area contributed by atoms with Crippen LogP contribution >= 0.6 is 34.7 Å². The maximum absolute atomic E-state index is 13.7. The number of fused-ring (bicyclic) bond motifs is 3. The molecule has 0 aliphatic carbocycles. The first-order chi connectivity index (χ1) is 14.3. The number of benzene rings is 1. The Bertz CT molecular complexity index is 1260. The lowest BCUT2D eigenvalue weighted by Crippen LogP contribution is -2.34. The van der Waals surface area contributed by atoms with E-state index in [1.165, 1.54) is 41.0 Å². The SMILES string of the molecule is CC(=O)N1CCc2c(sc3nc(SCC(N)=O)n(-c4ccc(F)c(Cl)c4)c(=O)c23)C1. The first-order valence-corrected chi connectivity index (χ1v) is 11.1. The van der Waals surface area contributed by atoms with Gasteiger partial charge in [-0.3, -0.25) is 19.0 Å². The van der Waals surface area contributed by atoms with Crippen LogP contribution in [0.2, 0.25) is 5.02 Å². The highest BCUT2D eigenvalue weighted by molar-refractivity contribution is 7.99. The zero-order valence-corrected chi connectivity index (χ0v) is 18.2. The van der Waals surface area contributed by atoms with Crippen LogP contribution in [-0.4, -0.2) is 38.6 Å². The van der Waals surface area contributed by atoms with Crippen LogP contribution in [-0.2, 0) is 22.6 Å². The van der Waals surface area contributed by atoms with E-state index >= 15 is 0 Å². The fourth-order valence-corrected chi connectivity index (χ4v) is 5.58. The molecule has 0 saturated heterocycles. The lowest BCUT2D eigenvalue weighted by molar-refractivity contribution is -0.129. The molecule has 0 unspecified atom stereocenters. The number of carbonyl (C=O) groups excluding carboxylic acids is 2. The molecule has 1 aliphatic rings. The smallest absolute Gasteiger partial charge is 0.267 e. The Morgan fingerprint density at radius 3 is 2.83 bits per heavy atom. The van der Waals surface area contributed by atoms with E-state index in [2.05, 4.69) is 4.98 Å². The number of amides is 2. The Hall–Kier alpha value is -2.43. The molecule has 156 valence electrons. The summed E-state index contributed by atoms with van der Waals surface area (Å²) in [6, 6.07) is 3.95. The Kier molecular flexibility index (Phi) is 5.56.